The minimum absolute atomic E-state index is 0.0474. The van der Waals surface area contributed by atoms with Crippen molar-refractivity contribution in [2.24, 2.45) is 0 Å². The number of carbonyl (C=O) groups excluding carboxylic acids is 1. The maximum absolute atomic E-state index is 13.8. The lowest BCUT2D eigenvalue weighted by Crippen LogP contribution is -2.57. The number of piperazine rings is 1. The van der Waals surface area contributed by atoms with Crippen molar-refractivity contribution < 1.29 is 28.5 Å². The summed E-state index contributed by atoms with van der Waals surface area (Å²) in [5.74, 6) is -1.62. The molecule has 2 aliphatic rings. The third-order valence-electron chi connectivity index (χ3n) is 6.14. The summed E-state index contributed by atoms with van der Waals surface area (Å²) in [5.41, 5.74) is 0.986. The number of hydrogen-bond donors (Lipinski definition) is 4. The quantitative estimate of drug-likeness (QED) is 0.518. The Bertz CT molecular complexity index is 943. The summed E-state index contributed by atoms with van der Waals surface area (Å²) < 4.78 is 32.6. The number of amides is 2. The summed E-state index contributed by atoms with van der Waals surface area (Å²) in [6.07, 6.45) is -2.24. The number of aliphatic hydroxyl groups excluding tert-OH is 2. The van der Waals surface area contributed by atoms with Crippen LogP contribution < -0.4 is 15.5 Å². The number of para-hydroxylation sites is 1. The highest BCUT2D eigenvalue weighted by Crippen LogP contribution is 2.27. The van der Waals surface area contributed by atoms with Gasteiger partial charge in [-0.1, -0.05) is 18.2 Å². The van der Waals surface area contributed by atoms with Gasteiger partial charge in [0.05, 0.1) is 24.4 Å². The minimum Gasteiger partial charge on any atom is -0.394 e. The van der Waals surface area contributed by atoms with Crippen molar-refractivity contribution in [1.29, 1.82) is 0 Å². The summed E-state index contributed by atoms with van der Waals surface area (Å²) in [7, 11) is 0. The smallest absolute Gasteiger partial charge is 0.319 e. The third-order valence-corrected chi connectivity index (χ3v) is 6.14. The van der Waals surface area contributed by atoms with Crippen LogP contribution in [-0.2, 0) is 4.74 Å². The van der Waals surface area contributed by atoms with Crippen LogP contribution >= 0.6 is 0 Å². The SMILES string of the molecule is O=C(NCC1OC(CO)C(O)C1N1CCN(c2ccccc2)CC1)Nc1ccc(F)cc1F. The van der Waals surface area contributed by atoms with Gasteiger partial charge in [-0.25, -0.2) is 13.6 Å². The molecular formula is C23H28F2N4O4. The molecule has 2 saturated heterocycles. The molecule has 4 rings (SSSR count). The molecule has 4 atom stereocenters. The topological polar surface area (TPSA) is 97.3 Å². The Labute approximate surface area is 190 Å². The van der Waals surface area contributed by atoms with Gasteiger partial charge < -0.3 is 30.5 Å². The Kier molecular flexibility index (Phi) is 7.39. The molecule has 4 N–H and O–H groups in total. The van der Waals surface area contributed by atoms with E-state index < -0.39 is 42.0 Å². The lowest BCUT2D eigenvalue weighted by atomic mass is 10.0. The van der Waals surface area contributed by atoms with Gasteiger partial charge in [-0.05, 0) is 24.3 Å². The van der Waals surface area contributed by atoms with E-state index in [9.17, 15) is 23.8 Å². The fourth-order valence-corrected chi connectivity index (χ4v) is 4.46. The van der Waals surface area contributed by atoms with Gasteiger partial charge in [0.25, 0.3) is 0 Å². The summed E-state index contributed by atoms with van der Waals surface area (Å²) in [6, 6.07) is 11.8. The second-order valence-corrected chi connectivity index (χ2v) is 8.19. The van der Waals surface area contributed by atoms with Crippen molar-refractivity contribution >= 4 is 17.4 Å². The Morgan fingerprint density at radius 1 is 1.06 bits per heavy atom. The predicted molar refractivity (Wildman–Crippen MR) is 119 cm³/mol. The second kappa shape index (κ2) is 10.4. The largest absolute Gasteiger partial charge is 0.394 e. The average molecular weight is 462 g/mol. The lowest BCUT2D eigenvalue weighted by Gasteiger charge is -2.41. The molecule has 0 bridgehead atoms. The van der Waals surface area contributed by atoms with E-state index in [4.69, 9.17) is 4.74 Å². The zero-order chi connectivity index (χ0) is 23.4. The van der Waals surface area contributed by atoms with Crippen LogP contribution in [0.2, 0.25) is 0 Å². The minimum atomic E-state index is -0.914. The fraction of sp³-hybridized carbons (Fsp3) is 0.435. The summed E-state index contributed by atoms with van der Waals surface area (Å²) in [4.78, 5) is 16.6. The van der Waals surface area contributed by atoms with E-state index >= 15 is 0 Å². The molecule has 178 valence electrons. The molecule has 2 aliphatic heterocycles. The molecule has 2 heterocycles. The molecule has 10 heteroatoms. The first-order valence-corrected chi connectivity index (χ1v) is 10.9. The average Bonchev–Trinajstić information content (AvgIpc) is 3.15. The van der Waals surface area contributed by atoms with Crippen LogP contribution in [0, 0.1) is 11.6 Å². The second-order valence-electron chi connectivity index (χ2n) is 8.19. The molecule has 2 amide bonds. The van der Waals surface area contributed by atoms with Crippen molar-refractivity contribution in [2.75, 3.05) is 49.5 Å². The fourth-order valence-electron chi connectivity index (χ4n) is 4.46. The number of ether oxygens (including phenoxy) is 1. The van der Waals surface area contributed by atoms with Gasteiger partial charge in [0.2, 0.25) is 0 Å². The molecule has 8 nitrogen and oxygen atoms in total. The van der Waals surface area contributed by atoms with Gasteiger partial charge in [-0.2, -0.15) is 0 Å². The third kappa shape index (κ3) is 5.41. The number of nitrogens with one attached hydrogen (secondary N) is 2. The normalized spacial score (nSPS) is 25.8. The van der Waals surface area contributed by atoms with Crippen molar-refractivity contribution in [3.63, 3.8) is 0 Å². The standard InChI is InChI=1S/C23H28F2N4O4/c24-15-6-7-18(17(25)12-15)27-23(32)26-13-19-21(22(31)20(14-30)33-19)29-10-8-28(9-11-29)16-4-2-1-3-5-16/h1-7,12,19-22,30-31H,8-11,13-14H2,(H2,26,27,32). The van der Waals surface area contributed by atoms with E-state index in [1.807, 2.05) is 18.2 Å². The van der Waals surface area contributed by atoms with E-state index in [1.165, 1.54) is 0 Å². The van der Waals surface area contributed by atoms with E-state index in [0.29, 0.717) is 19.2 Å². The number of benzene rings is 2. The number of carbonyl (C=O) groups is 1. The number of halogens is 2. The van der Waals surface area contributed by atoms with Gasteiger partial charge in [0, 0.05) is 44.5 Å². The van der Waals surface area contributed by atoms with Crippen molar-refractivity contribution in [3.8, 4) is 0 Å². The first-order valence-electron chi connectivity index (χ1n) is 10.9. The van der Waals surface area contributed by atoms with Gasteiger partial charge in [-0.15, -0.1) is 0 Å². The summed E-state index contributed by atoms with van der Waals surface area (Å²) in [6.45, 7) is 2.60. The van der Waals surface area contributed by atoms with Crippen molar-refractivity contribution in [2.45, 2.75) is 24.4 Å². The van der Waals surface area contributed by atoms with Gasteiger partial charge in [0.15, 0.2) is 0 Å². The Hall–Kier alpha value is -2.79. The lowest BCUT2D eigenvalue weighted by molar-refractivity contribution is -0.0205. The first kappa shape index (κ1) is 23.4. The first-order chi connectivity index (χ1) is 16.0. The van der Waals surface area contributed by atoms with E-state index in [1.54, 1.807) is 0 Å². The molecule has 0 radical (unpaired) electrons. The maximum atomic E-state index is 13.8. The molecule has 33 heavy (non-hydrogen) atoms. The van der Waals surface area contributed by atoms with Crippen molar-refractivity contribution in [1.82, 2.24) is 10.2 Å². The van der Waals surface area contributed by atoms with Gasteiger partial charge in [0.1, 0.15) is 23.8 Å². The highest BCUT2D eigenvalue weighted by molar-refractivity contribution is 5.89. The van der Waals surface area contributed by atoms with E-state index in [0.717, 1.165) is 30.9 Å². The Balaban J connectivity index is 1.36. The molecule has 2 aromatic carbocycles. The van der Waals surface area contributed by atoms with Crippen LogP contribution in [0.3, 0.4) is 0 Å². The zero-order valence-corrected chi connectivity index (χ0v) is 18.0. The highest BCUT2D eigenvalue weighted by Gasteiger charge is 2.46. The number of aliphatic hydroxyl groups is 2. The monoisotopic (exact) mass is 462 g/mol. The molecule has 0 aromatic heterocycles. The molecule has 4 unspecified atom stereocenters. The summed E-state index contributed by atoms with van der Waals surface area (Å²) >= 11 is 0. The molecule has 2 fully saturated rings. The molecule has 0 aliphatic carbocycles. The summed E-state index contributed by atoms with van der Waals surface area (Å²) in [5, 5.41) is 25.3. The number of rotatable bonds is 6. The zero-order valence-electron chi connectivity index (χ0n) is 18.0. The Morgan fingerprint density at radius 3 is 2.45 bits per heavy atom. The number of nitrogens with zero attached hydrogens (tertiary/aromatic N) is 2. The molecule has 0 spiro atoms. The van der Waals surface area contributed by atoms with Gasteiger partial charge >= 0.3 is 6.03 Å². The maximum Gasteiger partial charge on any atom is 0.319 e. The van der Waals surface area contributed by atoms with E-state index in [-0.39, 0.29) is 18.8 Å². The molecular weight excluding hydrogens is 434 g/mol. The van der Waals surface area contributed by atoms with Crippen LogP contribution in [-0.4, -0.2) is 84.8 Å². The number of urea groups is 1. The van der Waals surface area contributed by atoms with Crippen LogP contribution in [0.15, 0.2) is 48.5 Å². The Morgan fingerprint density at radius 2 is 1.79 bits per heavy atom. The number of anilines is 2. The van der Waals surface area contributed by atoms with Crippen LogP contribution in [0.1, 0.15) is 0 Å². The number of hydrogen-bond acceptors (Lipinski definition) is 6. The van der Waals surface area contributed by atoms with Gasteiger partial charge in [-0.3, -0.25) is 4.90 Å². The van der Waals surface area contributed by atoms with Crippen LogP contribution in [0.5, 0.6) is 0 Å². The molecule has 0 saturated carbocycles. The predicted octanol–water partition coefficient (Wildman–Crippen LogP) is 1.40. The van der Waals surface area contributed by atoms with E-state index in [2.05, 4.69) is 32.6 Å². The molecule has 2 aromatic rings. The highest BCUT2D eigenvalue weighted by atomic mass is 19.1. The van der Waals surface area contributed by atoms with Crippen molar-refractivity contribution in [3.05, 3.63) is 60.2 Å². The van der Waals surface area contributed by atoms with Crippen LogP contribution in [0.4, 0.5) is 25.0 Å². The van der Waals surface area contributed by atoms with Crippen LogP contribution in [0.25, 0.3) is 0 Å².